The molecular formula is C22H23ClF2N4O4. The van der Waals surface area contributed by atoms with Crippen LogP contribution in [0.2, 0.25) is 5.02 Å². The second kappa shape index (κ2) is 11.4. The molecule has 0 unspecified atom stereocenters. The first-order chi connectivity index (χ1) is 15.5. The van der Waals surface area contributed by atoms with Gasteiger partial charge in [0.1, 0.15) is 17.2 Å². The zero-order valence-corrected chi connectivity index (χ0v) is 18.7. The van der Waals surface area contributed by atoms with E-state index >= 15 is 0 Å². The van der Waals surface area contributed by atoms with Crippen molar-refractivity contribution in [2.24, 2.45) is 5.73 Å². The zero-order valence-electron chi connectivity index (χ0n) is 18.0. The standard InChI is InChI=1S/C22H23ClF2N4O4/c1-11-7-15(24)19(16(25)8-11)22(33)29-10-18(31)28-9-14-12(2)3-4-13(20(14)23)21(32)27-6-5-17(26)30/h3-4,7-8H,5-6,9-10H2,1-2H3,(H2,26,30)(H,27,32)(H,28,31)(H,29,33). The Morgan fingerprint density at radius 1 is 0.970 bits per heavy atom. The Bertz CT molecular complexity index is 1090. The van der Waals surface area contributed by atoms with E-state index in [2.05, 4.69) is 16.0 Å². The first-order valence-electron chi connectivity index (χ1n) is 9.86. The third-order valence-corrected chi connectivity index (χ3v) is 5.10. The highest BCUT2D eigenvalue weighted by Gasteiger charge is 2.19. The zero-order chi connectivity index (χ0) is 24.7. The van der Waals surface area contributed by atoms with Crippen LogP contribution in [-0.4, -0.2) is 36.7 Å². The van der Waals surface area contributed by atoms with Crippen molar-refractivity contribution in [3.63, 3.8) is 0 Å². The maximum atomic E-state index is 13.9. The molecular weight excluding hydrogens is 458 g/mol. The number of aryl methyl sites for hydroxylation is 2. The van der Waals surface area contributed by atoms with Gasteiger partial charge in [-0.05, 0) is 48.7 Å². The number of halogens is 3. The van der Waals surface area contributed by atoms with E-state index in [1.165, 1.54) is 13.0 Å². The highest BCUT2D eigenvalue weighted by atomic mass is 35.5. The van der Waals surface area contributed by atoms with Crippen molar-refractivity contribution in [1.82, 2.24) is 16.0 Å². The van der Waals surface area contributed by atoms with Crippen molar-refractivity contribution in [2.45, 2.75) is 26.8 Å². The molecule has 0 aliphatic rings. The average Bonchev–Trinajstić information content (AvgIpc) is 2.71. The first-order valence-corrected chi connectivity index (χ1v) is 10.2. The molecule has 0 aromatic heterocycles. The minimum absolute atomic E-state index is 0.0275. The fourth-order valence-electron chi connectivity index (χ4n) is 2.92. The molecule has 0 spiro atoms. The average molecular weight is 481 g/mol. The lowest BCUT2D eigenvalue weighted by molar-refractivity contribution is -0.120. The summed E-state index contributed by atoms with van der Waals surface area (Å²) in [5.41, 5.74) is 5.89. The van der Waals surface area contributed by atoms with Gasteiger partial charge in [0.25, 0.3) is 11.8 Å². The Balaban J connectivity index is 1.99. The lowest BCUT2D eigenvalue weighted by Gasteiger charge is -2.14. The van der Waals surface area contributed by atoms with E-state index in [-0.39, 0.29) is 30.1 Å². The van der Waals surface area contributed by atoms with Crippen molar-refractivity contribution in [1.29, 1.82) is 0 Å². The second-order valence-corrected chi connectivity index (χ2v) is 7.64. The van der Waals surface area contributed by atoms with Crippen LogP contribution < -0.4 is 21.7 Å². The third-order valence-electron chi connectivity index (χ3n) is 4.66. The van der Waals surface area contributed by atoms with Crippen LogP contribution in [0.5, 0.6) is 0 Å². The number of carbonyl (C=O) groups excluding carboxylic acids is 4. The molecule has 0 aliphatic carbocycles. The summed E-state index contributed by atoms with van der Waals surface area (Å²) < 4.78 is 27.8. The highest BCUT2D eigenvalue weighted by Crippen LogP contribution is 2.24. The van der Waals surface area contributed by atoms with Crippen LogP contribution in [0.1, 0.15) is 43.8 Å². The largest absolute Gasteiger partial charge is 0.370 e. The van der Waals surface area contributed by atoms with Crippen LogP contribution in [-0.2, 0) is 16.1 Å². The number of carbonyl (C=O) groups is 4. The molecule has 0 saturated heterocycles. The van der Waals surface area contributed by atoms with Crippen molar-refractivity contribution < 1.29 is 28.0 Å². The van der Waals surface area contributed by atoms with E-state index in [0.29, 0.717) is 16.7 Å². The predicted molar refractivity (Wildman–Crippen MR) is 118 cm³/mol. The molecule has 0 heterocycles. The Kier molecular flexibility index (Phi) is 8.86. The Labute approximate surface area is 193 Å². The third kappa shape index (κ3) is 6.98. The summed E-state index contributed by atoms with van der Waals surface area (Å²) in [5.74, 6) is -4.83. The maximum absolute atomic E-state index is 13.9. The van der Waals surface area contributed by atoms with Gasteiger partial charge in [0.05, 0.1) is 17.1 Å². The monoisotopic (exact) mass is 480 g/mol. The fraction of sp³-hybridized carbons (Fsp3) is 0.273. The maximum Gasteiger partial charge on any atom is 0.257 e. The molecule has 4 amide bonds. The van der Waals surface area contributed by atoms with Gasteiger partial charge in [-0.25, -0.2) is 8.78 Å². The molecule has 11 heteroatoms. The van der Waals surface area contributed by atoms with Gasteiger partial charge in [-0.2, -0.15) is 0 Å². The molecule has 0 aliphatic heterocycles. The van der Waals surface area contributed by atoms with Gasteiger partial charge in [-0.15, -0.1) is 0 Å². The Hall–Kier alpha value is -3.53. The number of primary amides is 1. The van der Waals surface area contributed by atoms with Crippen LogP contribution in [0, 0.1) is 25.5 Å². The summed E-state index contributed by atoms with van der Waals surface area (Å²) in [6, 6.07) is 5.17. The van der Waals surface area contributed by atoms with E-state index in [1.54, 1.807) is 13.0 Å². The number of amides is 4. The highest BCUT2D eigenvalue weighted by molar-refractivity contribution is 6.34. The minimum atomic E-state index is -1.07. The van der Waals surface area contributed by atoms with Crippen LogP contribution in [0.3, 0.4) is 0 Å². The van der Waals surface area contributed by atoms with Crippen LogP contribution in [0.25, 0.3) is 0 Å². The van der Waals surface area contributed by atoms with E-state index in [9.17, 15) is 28.0 Å². The van der Waals surface area contributed by atoms with Gasteiger partial charge in [0.2, 0.25) is 11.8 Å². The first kappa shape index (κ1) is 25.7. The summed E-state index contributed by atoms with van der Waals surface area (Å²) >= 11 is 6.33. The molecule has 33 heavy (non-hydrogen) atoms. The van der Waals surface area contributed by atoms with Crippen molar-refractivity contribution in [2.75, 3.05) is 13.1 Å². The summed E-state index contributed by atoms with van der Waals surface area (Å²) in [7, 11) is 0. The molecule has 0 fully saturated rings. The number of hydrogen-bond acceptors (Lipinski definition) is 4. The SMILES string of the molecule is Cc1cc(F)c(C(=O)NCC(=O)NCc2c(C)ccc(C(=O)NCCC(N)=O)c2Cl)c(F)c1. The Morgan fingerprint density at radius 3 is 2.21 bits per heavy atom. The predicted octanol–water partition coefficient (Wildman–Crippen LogP) is 1.89. The van der Waals surface area contributed by atoms with E-state index in [4.69, 9.17) is 17.3 Å². The van der Waals surface area contributed by atoms with E-state index in [1.807, 2.05) is 0 Å². The molecule has 0 atom stereocenters. The van der Waals surface area contributed by atoms with Crippen LogP contribution in [0.15, 0.2) is 24.3 Å². The molecule has 2 aromatic carbocycles. The molecule has 2 aromatic rings. The van der Waals surface area contributed by atoms with E-state index in [0.717, 1.165) is 12.1 Å². The second-order valence-electron chi connectivity index (χ2n) is 7.26. The van der Waals surface area contributed by atoms with Crippen molar-refractivity contribution >= 4 is 35.2 Å². The lowest BCUT2D eigenvalue weighted by atomic mass is 10.0. The van der Waals surface area contributed by atoms with Gasteiger partial charge >= 0.3 is 0 Å². The molecule has 8 nitrogen and oxygen atoms in total. The molecule has 0 radical (unpaired) electrons. The lowest BCUT2D eigenvalue weighted by Crippen LogP contribution is -2.37. The number of rotatable bonds is 9. The smallest absolute Gasteiger partial charge is 0.257 e. The summed E-state index contributed by atoms with van der Waals surface area (Å²) in [5, 5.41) is 7.33. The van der Waals surface area contributed by atoms with Crippen LogP contribution >= 0.6 is 11.6 Å². The van der Waals surface area contributed by atoms with Gasteiger partial charge in [-0.1, -0.05) is 17.7 Å². The fourth-order valence-corrected chi connectivity index (χ4v) is 3.28. The number of hydrogen-bond donors (Lipinski definition) is 4. The van der Waals surface area contributed by atoms with Crippen molar-refractivity contribution in [3.8, 4) is 0 Å². The molecule has 0 saturated carbocycles. The van der Waals surface area contributed by atoms with Gasteiger partial charge in [0, 0.05) is 19.5 Å². The Morgan fingerprint density at radius 2 is 1.61 bits per heavy atom. The minimum Gasteiger partial charge on any atom is -0.370 e. The van der Waals surface area contributed by atoms with Gasteiger partial charge in [-0.3, -0.25) is 19.2 Å². The number of nitrogens with one attached hydrogen (secondary N) is 3. The van der Waals surface area contributed by atoms with E-state index < -0.39 is 47.4 Å². The molecule has 2 rings (SSSR count). The molecule has 0 bridgehead atoms. The normalized spacial score (nSPS) is 10.5. The van der Waals surface area contributed by atoms with Gasteiger partial charge in [0.15, 0.2) is 0 Å². The number of benzene rings is 2. The van der Waals surface area contributed by atoms with Gasteiger partial charge < -0.3 is 21.7 Å². The summed E-state index contributed by atoms with van der Waals surface area (Å²) in [4.78, 5) is 47.3. The topological polar surface area (TPSA) is 130 Å². The number of nitrogens with two attached hydrogens (primary N) is 1. The summed E-state index contributed by atoms with van der Waals surface area (Å²) in [6.07, 6.45) is -0.0275. The molecule has 176 valence electrons. The van der Waals surface area contributed by atoms with Crippen molar-refractivity contribution in [3.05, 3.63) is 68.7 Å². The molecule has 5 N–H and O–H groups in total. The summed E-state index contributed by atoms with van der Waals surface area (Å²) in [6.45, 7) is 2.66. The quantitative estimate of drug-likeness (QED) is 0.436. The van der Waals surface area contributed by atoms with Crippen LogP contribution in [0.4, 0.5) is 8.78 Å².